The number of hydrogen-bond acceptors (Lipinski definition) is 6. The van der Waals surface area contributed by atoms with Crippen LogP contribution in [0.1, 0.15) is 24.1 Å². The number of aryl methyl sites for hydroxylation is 1. The van der Waals surface area contributed by atoms with Crippen LogP contribution < -0.4 is 9.80 Å². The van der Waals surface area contributed by atoms with Crippen LogP contribution in [0.3, 0.4) is 0 Å². The van der Waals surface area contributed by atoms with Gasteiger partial charge in [-0.1, -0.05) is 23.5 Å². The third-order valence-electron chi connectivity index (χ3n) is 5.23. The van der Waals surface area contributed by atoms with Crippen molar-refractivity contribution in [3.05, 3.63) is 41.9 Å². The highest BCUT2D eigenvalue weighted by atomic mass is 32.1. The second kappa shape index (κ2) is 6.26. The van der Waals surface area contributed by atoms with Gasteiger partial charge in [0.1, 0.15) is 12.1 Å². The van der Waals surface area contributed by atoms with Crippen molar-refractivity contribution in [1.82, 2.24) is 15.0 Å². The molecule has 1 saturated heterocycles. The molecule has 3 heterocycles. The minimum atomic E-state index is 0.999. The Morgan fingerprint density at radius 2 is 1.68 bits per heavy atom. The summed E-state index contributed by atoms with van der Waals surface area (Å²) in [6.45, 7) is 4.00. The van der Waals surface area contributed by atoms with E-state index in [1.165, 1.54) is 34.6 Å². The van der Waals surface area contributed by atoms with Gasteiger partial charge in [-0.05, 0) is 37.8 Å². The lowest BCUT2D eigenvalue weighted by Crippen LogP contribution is -2.47. The summed E-state index contributed by atoms with van der Waals surface area (Å²) in [4.78, 5) is 18.8. The summed E-state index contributed by atoms with van der Waals surface area (Å²) < 4.78 is 1.27. The van der Waals surface area contributed by atoms with E-state index in [2.05, 4.69) is 44.0 Å². The van der Waals surface area contributed by atoms with E-state index in [1.807, 2.05) is 0 Å². The number of para-hydroxylation sites is 1. The molecule has 2 aromatic heterocycles. The van der Waals surface area contributed by atoms with E-state index in [4.69, 9.17) is 4.98 Å². The fourth-order valence-electron chi connectivity index (χ4n) is 3.88. The van der Waals surface area contributed by atoms with Crippen molar-refractivity contribution in [2.45, 2.75) is 25.7 Å². The molecule has 25 heavy (non-hydrogen) atoms. The van der Waals surface area contributed by atoms with Crippen LogP contribution in [0.25, 0.3) is 10.2 Å². The smallest absolute Gasteiger partial charge is 0.186 e. The van der Waals surface area contributed by atoms with Gasteiger partial charge >= 0.3 is 0 Å². The monoisotopic (exact) mass is 351 g/mol. The molecular weight excluding hydrogens is 330 g/mol. The number of hydrogen-bond donors (Lipinski definition) is 0. The molecule has 2 aliphatic rings. The summed E-state index contributed by atoms with van der Waals surface area (Å²) in [5, 5.41) is 1.14. The van der Waals surface area contributed by atoms with Crippen LogP contribution in [0.5, 0.6) is 0 Å². The van der Waals surface area contributed by atoms with Gasteiger partial charge < -0.3 is 9.80 Å². The first-order valence-corrected chi connectivity index (χ1v) is 9.88. The van der Waals surface area contributed by atoms with E-state index in [-0.39, 0.29) is 0 Å². The normalized spacial score (nSPS) is 17.8. The van der Waals surface area contributed by atoms with Gasteiger partial charge in [-0.25, -0.2) is 15.0 Å². The molecule has 1 aromatic carbocycles. The second-order valence-electron chi connectivity index (χ2n) is 6.77. The van der Waals surface area contributed by atoms with Crippen molar-refractivity contribution in [3.8, 4) is 0 Å². The molecule has 5 nitrogen and oxygen atoms in total. The molecule has 6 heteroatoms. The van der Waals surface area contributed by atoms with E-state index in [0.29, 0.717) is 0 Å². The molecule has 1 aliphatic heterocycles. The molecule has 128 valence electrons. The lowest BCUT2D eigenvalue weighted by Gasteiger charge is -2.36. The molecule has 5 rings (SSSR count). The number of anilines is 2. The SMILES string of the molecule is c1ccc2sc(N3CCN(c4ncnc5c4CCCC5)CC3)nc2c1. The van der Waals surface area contributed by atoms with Gasteiger partial charge in [0, 0.05) is 37.4 Å². The molecule has 0 atom stereocenters. The highest BCUT2D eigenvalue weighted by molar-refractivity contribution is 7.22. The number of benzene rings is 1. The van der Waals surface area contributed by atoms with E-state index >= 15 is 0 Å². The van der Waals surface area contributed by atoms with Crippen LogP contribution in [-0.4, -0.2) is 41.1 Å². The maximum atomic E-state index is 4.80. The van der Waals surface area contributed by atoms with Crippen LogP contribution >= 0.6 is 11.3 Å². The number of aromatic nitrogens is 3. The van der Waals surface area contributed by atoms with Gasteiger partial charge in [0.25, 0.3) is 0 Å². The van der Waals surface area contributed by atoms with Gasteiger partial charge in [0.2, 0.25) is 0 Å². The predicted molar refractivity (Wildman–Crippen MR) is 103 cm³/mol. The van der Waals surface area contributed by atoms with Crippen LogP contribution in [0.15, 0.2) is 30.6 Å². The van der Waals surface area contributed by atoms with Gasteiger partial charge in [0.15, 0.2) is 5.13 Å². The Kier molecular flexibility index (Phi) is 3.77. The van der Waals surface area contributed by atoms with Crippen molar-refractivity contribution in [1.29, 1.82) is 0 Å². The molecule has 0 spiro atoms. The van der Waals surface area contributed by atoms with Crippen LogP contribution in [-0.2, 0) is 12.8 Å². The Hall–Kier alpha value is -2.21. The fourth-order valence-corrected chi connectivity index (χ4v) is 4.90. The zero-order valence-electron chi connectivity index (χ0n) is 14.2. The van der Waals surface area contributed by atoms with Crippen molar-refractivity contribution in [2.24, 2.45) is 0 Å². The summed E-state index contributed by atoms with van der Waals surface area (Å²) in [5.74, 6) is 1.17. The molecule has 0 amide bonds. The second-order valence-corrected chi connectivity index (χ2v) is 7.78. The topological polar surface area (TPSA) is 45.2 Å². The van der Waals surface area contributed by atoms with E-state index in [0.717, 1.165) is 49.7 Å². The molecule has 0 unspecified atom stereocenters. The third-order valence-corrected chi connectivity index (χ3v) is 6.33. The van der Waals surface area contributed by atoms with Crippen LogP contribution in [0, 0.1) is 0 Å². The quantitative estimate of drug-likeness (QED) is 0.709. The maximum Gasteiger partial charge on any atom is 0.186 e. The fraction of sp³-hybridized carbons (Fsp3) is 0.421. The number of fused-ring (bicyclic) bond motifs is 2. The van der Waals surface area contributed by atoms with E-state index < -0.39 is 0 Å². The Morgan fingerprint density at radius 1 is 0.880 bits per heavy atom. The van der Waals surface area contributed by atoms with E-state index in [1.54, 1.807) is 17.7 Å². The molecule has 0 N–H and O–H groups in total. The summed E-state index contributed by atoms with van der Waals surface area (Å²) in [7, 11) is 0. The van der Waals surface area contributed by atoms with E-state index in [9.17, 15) is 0 Å². The van der Waals surface area contributed by atoms with Crippen LogP contribution in [0.4, 0.5) is 10.9 Å². The molecular formula is C19H21N5S. The highest BCUT2D eigenvalue weighted by Gasteiger charge is 2.24. The molecule has 1 aliphatic carbocycles. The number of rotatable bonds is 2. The van der Waals surface area contributed by atoms with Gasteiger partial charge in [-0.15, -0.1) is 0 Å². The molecule has 0 bridgehead atoms. The minimum Gasteiger partial charge on any atom is -0.353 e. The van der Waals surface area contributed by atoms with Crippen LogP contribution in [0.2, 0.25) is 0 Å². The number of piperazine rings is 1. The van der Waals surface area contributed by atoms with Crippen molar-refractivity contribution in [2.75, 3.05) is 36.0 Å². The molecule has 0 radical (unpaired) electrons. The first kappa shape index (κ1) is 15.1. The van der Waals surface area contributed by atoms with Gasteiger partial charge in [0.05, 0.1) is 10.2 Å². The average molecular weight is 351 g/mol. The summed E-state index contributed by atoms with van der Waals surface area (Å²) in [5.41, 5.74) is 3.77. The molecule has 1 fully saturated rings. The number of nitrogens with zero attached hydrogens (tertiary/aromatic N) is 5. The standard InChI is InChI=1S/C19H21N5S/c1-2-6-15-14(5-1)18(21-13-20-15)23-9-11-24(12-10-23)19-22-16-7-3-4-8-17(16)25-19/h3-4,7-8,13H,1-2,5-6,9-12H2. The Labute approximate surface area is 151 Å². The minimum absolute atomic E-state index is 0.999. The molecule has 0 saturated carbocycles. The zero-order chi connectivity index (χ0) is 16.6. The Bertz CT molecular complexity index is 865. The summed E-state index contributed by atoms with van der Waals surface area (Å²) in [6, 6.07) is 8.39. The van der Waals surface area contributed by atoms with Gasteiger partial charge in [-0.3, -0.25) is 0 Å². The lowest BCUT2D eigenvalue weighted by atomic mass is 9.96. The third kappa shape index (κ3) is 2.74. The average Bonchev–Trinajstić information content (AvgIpc) is 3.12. The Morgan fingerprint density at radius 3 is 2.56 bits per heavy atom. The molecule has 3 aromatic rings. The largest absolute Gasteiger partial charge is 0.353 e. The predicted octanol–water partition coefficient (Wildman–Crippen LogP) is 3.29. The van der Waals surface area contributed by atoms with Crippen molar-refractivity contribution in [3.63, 3.8) is 0 Å². The first-order valence-electron chi connectivity index (χ1n) is 9.07. The lowest BCUT2D eigenvalue weighted by molar-refractivity contribution is 0.622. The number of thiazole rings is 1. The van der Waals surface area contributed by atoms with Crippen molar-refractivity contribution < 1.29 is 0 Å². The zero-order valence-corrected chi connectivity index (χ0v) is 15.0. The highest BCUT2D eigenvalue weighted by Crippen LogP contribution is 2.31. The van der Waals surface area contributed by atoms with Crippen molar-refractivity contribution >= 4 is 32.5 Å². The summed E-state index contributed by atoms with van der Waals surface area (Å²) >= 11 is 1.79. The Balaban J connectivity index is 1.35. The van der Waals surface area contributed by atoms with Gasteiger partial charge in [-0.2, -0.15) is 0 Å². The first-order chi connectivity index (χ1) is 12.4. The summed E-state index contributed by atoms with van der Waals surface area (Å²) in [6.07, 6.45) is 6.51. The maximum absolute atomic E-state index is 4.80.